The number of hydrogen-bond acceptors (Lipinski definition) is 7. The normalized spacial score (nSPS) is 11.2. The number of carbonyl (C=O) groups excluding carboxylic acids is 2. The van der Waals surface area contributed by atoms with Crippen molar-refractivity contribution in [2.24, 2.45) is 11.8 Å². The number of carbonyl (C=O) groups is 2. The highest BCUT2D eigenvalue weighted by Crippen LogP contribution is 2.27. The van der Waals surface area contributed by atoms with Crippen LogP contribution in [0.5, 0.6) is 0 Å². The fourth-order valence-electron chi connectivity index (χ4n) is 4.49. The molecule has 0 aliphatic carbocycles. The number of pyridine rings is 1. The molecule has 0 saturated heterocycles. The first kappa shape index (κ1) is 29.3. The SMILES string of the molecule is CC(C)Cc1ccc(-c2csc(NC(=O)c3ccc(C(=O)Nc4nc(-c5ccc(CC(C)C)cc5)cs4)nc3)n2)cc1. The van der Waals surface area contributed by atoms with Crippen LogP contribution in [0.1, 0.15) is 59.7 Å². The second kappa shape index (κ2) is 13.2. The number of nitrogens with one attached hydrogen (secondary N) is 2. The lowest BCUT2D eigenvalue weighted by Gasteiger charge is -2.05. The standard InChI is InChI=1S/C33H33N5O2S2/c1-20(2)15-22-5-9-24(10-6-22)28-18-41-32(35-28)37-30(39)26-13-14-27(34-17-26)31(40)38-33-36-29(19-42-33)25-11-7-23(8-12-25)16-21(3)4/h5-14,17-21H,15-16H2,1-4H3,(H,35,37,39)(H,36,38,40). The molecular weight excluding hydrogens is 563 g/mol. The van der Waals surface area contributed by atoms with Crippen LogP contribution in [0.2, 0.25) is 0 Å². The molecule has 0 radical (unpaired) electrons. The fraction of sp³-hybridized carbons (Fsp3) is 0.242. The Labute approximate surface area is 254 Å². The zero-order valence-electron chi connectivity index (χ0n) is 24.0. The van der Waals surface area contributed by atoms with Gasteiger partial charge in [-0.05, 0) is 47.9 Å². The van der Waals surface area contributed by atoms with Gasteiger partial charge in [0.05, 0.1) is 17.0 Å². The number of benzene rings is 2. The van der Waals surface area contributed by atoms with Gasteiger partial charge in [0, 0.05) is 28.1 Å². The summed E-state index contributed by atoms with van der Waals surface area (Å²) in [6.07, 6.45) is 3.45. The van der Waals surface area contributed by atoms with Crippen LogP contribution in [-0.4, -0.2) is 26.8 Å². The van der Waals surface area contributed by atoms with E-state index in [1.165, 1.54) is 46.1 Å². The molecule has 0 aliphatic heterocycles. The number of hydrogen-bond donors (Lipinski definition) is 2. The largest absolute Gasteiger partial charge is 0.298 e. The zero-order chi connectivity index (χ0) is 29.6. The van der Waals surface area contributed by atoms with Crippen LogP contribution in [0.3, 0.4) is 0 Å². The molecule has 214 valence electrons. The van der Waals surface area contributed by atoms with Crippen LogP contribution in [0.25, 0.3) is 22.5 Å². The molecule has 0 aliphatic rings. The van der Waals surface area contributed by atoms with Crippen molar-refractivity contribution in [2.75, 3.05) is 10.6 Å². The number of thiazole rings is 2. The van der Waals surface area contributed by atoms with E-state index in [0.29, 0.717) is 27.7 Å². The van der Waals surface area contributed by atoms with Gasteiger partial charge in [-0.25, -0.2) is 9.97 Å². The predicted octanol–water partition coefficient (Wildman–Crippen LogP) is 8.23. The topological polar surface area (TPSA) is 96.9 Å². The number of rotatable bonds is 10. The highest BCUT2D eigenvalue weighted by Gasteiger charge is 2.15. The van der Waals surface area contributed by atoms with Gasteiger partial charge in [0.25, 0.3) is 11.8 Å². The maximum atomic E-state index is 12.8. The van der Waals surface area contributed by atoms with Gasteiger partial charge in [0.2, 0.25) is 0 Å². The monoisotopic (exact) mass is 595 g/mol. The number of nitrogens with zero attached hydrogens (tertiary/aromatic N) is 3. The van der Waals surface area contributed by atoms with E-state index in [0.717, 1.165) is 35.4 Å². The maximum absolute atomic E-state index is 12.8. The minimum absolute atomic E-state index is 0.193. The molecule has 0 unspecified atom stereocenters. The lowest BCUT2D eigenvalue weighted by molar-refractivity contribution is 0.101. The van der Waals surface area contributed by atoms with Gasteiger partial charge in [0.15, 0.2) is 10.3 Å². The van der Waals surface area contributed by atoms with Crippen LogP contribution in [0.15, 0.2) is 77.6 Å². The van der Waals surface area contributed by atoms with Crippen LogP contribution >= 0.6 is 22.7 Å². The molecule has 42 heavy (non-hydrogen) atoms. The molecule has 9 heteroatoms. The Hall–Kier alpha value is -4.21. The molecule has 0 spiro atoms. The van der Waals surface area contributed by atoms with Crippen molar-refractivity contribution >= 4 is 44.8 Å². The number of amides is 2. The van der Waals surface area contributed by atoms with Gasteiger partial charge in [-0.2, -0.15) is 0 Å². The van der Waals surface area contributed by atoms with Crippen molar-refractivity contribution in [1.82, 2.24) is 15.0 Å². The Bertz CT molecular complexity index is 1530. The first-order chi connectivity index (χ1) is 20.2. The van der Waals surface area contributed by atoms with E-state index >= 15 is 0 Å². The molecule has 0 fully saturated rings. The Morgan fingerprint density at radius 3 is 1.57 bits per heavy atom. The summed E-state index contributed by atoms with van der Waals surface area (Å²) in [4.78, 5) is 38.9. The third kappa shape index (κ3) is 7.54. The molecule has 7 nitrogen and oxygen atoms in total. The summed E-state index contributed by atoms with van der Waals surface area (Å²) >= 11 is 2.72. The second-order valence-corrected chi connectivity index (χ2v) is 12.7. The third-order valence-corrected chi connectivity index (χ3v) is 8.01. The van der Waals surface area contributed by atoms with Gasteiger partial charge in [-0.3, -0.25) is 25.2 Å². The van der Waals surface area contributed by atoms with E-state index in [1.807, 2.05) is 10.8 Å². The lowest BCUT2D eigenvalue weighted by atomic mass is 10.0. The van der Waals surface area contributed by atoms with Crippen molar-refractivity contribution in [3.05, 3.63) is 100 Å². The summed E-state index contributed by atoms with van der Waals surface area (Å²) in [6, 6.07) is 19.8. The summed E-state index contributed by atoms with van der Waals surface area (Å²) in [5, 5.41) is 10.4. The van der Waals surface area contributed by atoms with Gasteiger partial charge >= 0.3 is 0 Å². The van der Waals surface area contributed by atoms with Crippen molar-refractivity contribution < 1.29 is 9.59 Å². The Kier molecular flexibility index (Phi) is 9.19. The quantitative estimate of drug-likeness (QED) is 0.170. The first-order valence-corrected chi connectivity index (χ1v) is 15.7. The van der Waals surface area contributed by atoms with Gasteiger partial charge in [0.1, 0.15) is 5.69 Å². The van der Waals surface area contributed by atoms with Gasteiger partial charge in [-0.1, -0.05) is 76.2 Å². The summed E-state index contributed by atoms with van der Waals surface area (Å²) < 4.78 is 0. The smallest absolute Gasteiger partial charge is 0.276 e. The van der Waals surface area contributed by atoms with E-state index in [-0.39, 0.29) is 17.5 Å². The number of aromatic nitrogens is 3. The van der Waals surface area contributed by atoms with Crippen LogP contribution < -0.4 is 10.6 Å². The molecule has 5 rings (SSSR count). The van der Waals surface area contributed by atoms with E-state index in [1.54, 1.807) is 6.07 Å². The minimum atomic E-state index is -0.390. The molecule has 2 aromatic carbocycles. The highest BCUT2D eigenvalue weighted by molar-refractivity contribution is 7.14. The van der Waals surface area contributed by atoms with E-state index in [9.17, 15) is 9.59 Å². The van der Waals surface area contributed by atoms with Gasteiger partial charge in [-0.15, -0.1) is 22.7 Å². The number of anilines is 2. The molecule has 0 bridgehead atoms. The second-order valence-electron chi connectivity index (χ2n) is 11.0. The minimum Gasteiger partial charge on any atom is -0.298 e. The van der Waals surface area contributed by atoms with E-state index in [2.05, 4.69) is 102 Å². The van der Waals surface area contributed by atoms with Crippen LogP contribution in [-0.2, 0) is 12.8 Å². The first-order valence-electron chi connectivity index (χ1n) is 13.9. The zero-order valence-corrected chi connectivity index (χ0v) is 25.7. The van der Waals surface area contributed by atoms with Crippen LogP contribution in [0, 0.1) is 11.8 Å². The maximum Gasteiger partial charge on any atom is 0.276 e. The summed E-state index contributed by atoms with van der Waals surface area (Å²) in [6.45, 7) is 8.81. The van der Waals surface area contributed by atoms with Crippen LogP contribution in [0.4, 0.5) is 10.3 Å². The molecule has 2 N–H and O–H groups in total. The van der Waals surface area contributed by atoms with Crippen molar-refractivity contribution in [2.45, 2.75) is 40.5 Å². The fourth-order valence-corrected chi connectivity index (χ4v) is 5.92. The van der Waals surface area contributed by atoms with Crippen molar-refractivity contribution in [3.8, 4) is 22.5 Å². The molecular formula is C33H33N5O2S2. The summed E-state index contributed by atoms with van der Waals surface area (Å²) in [7, 11) is 0. The Balaban J connectivity index is 1.16. The van der Waals surface area contributed by atoms with Crippen molar-refractivity contribution in [3.63, 3.8) is 0 Å². The molecule has 2 amide bonds. The average Bonchev–Trinajstić information content (AvgIpc) is 3.63. The molecule has 5 aromatic rings. The lowest BCUT2D eigenvalue weighted by Crippen LogP contribution is -2.16. The summed E-state index contributed by atoms with van der Waals surface area (Å²) in [5.41, 5.74) is 6.73. The summed E-state index contributed by atoms with van der Waals surface area (Å²) in [5.74, 6) is 0.471. The molecule has 0 saturated carbocycles. The van der Waals surface area contributed by atoms with Crippen molar-refractivity contribution in [1.29, 1.82) is 0 Å². The third-order valence-electron chi connectivity index (χ3n) is 6.49. The van der Waals surface area contributed by atoms with E-state index < -0.39 is 0 Å². The molecule has 3 heterocycles. The Morgan fingerprint density at radius 1 is 0.667 bits per heavy atom. The molecule has 0 atom stereocenters. The van der Waals surface area contributed by atoms with E-state index in [4.69, 9.17) is 0 Å². The Morgan fingerprint density at radius 2 is 1.14 bits per heavy atom. The molecule has 3 aromatic heterocycles. The average molecular weight is 596 g/mol. The van der Waals surface area contributed by atoms with Gasteiger partial charge < -0.3 is 0 Å². The predicted molar refractivity (Wildman–Crippen MR) is 172 cm³/mol. The highest BCUT2D eigenvalue weighted by atomic mass is 32.1.